The van der Waals surface area contributed by atoms with E-state index in [1.54, 1.807) is 6.20 Å². The van der Waals surface area contributed by atoms with Gasteiger partial charge in [0.25, 0.3) is 0 Å². The maximum absolute atomic E-state index is 13.1. The summed E-state index contributed by atoms with van der Waals surface area (Å²) >= 11 is 0. The van der Waals surface area contributed by atoms with Crippen molar-refractivity contribution in [3.8, 4) is 11.4 Å². The smallest absolute Gasteiger partial charge is 0.241 e. The van der Waals surface area contributed by atoms with Crippen LogP contribution < -0.4 is 9.80 Å². The Balaban J connectivity index is 1.19. The molecular formula is C22H25FN6O. The maximum Gasteiger partial charge on any atom is 0.241 e. The predicted molar refractivity (Wildman–Crippen MR) is 113 cm³/mol. The SMILES string of the molecule is CN(Cc1nc(-c2ccc(N3CCN(c4ccc(F)cc4)CC3)nc2)no1)C1CC1. The number of halogens is 1. The van der Waals surface area contributed by atoms with Crippen LogP contribution in [0.4, 0.5) is 15.9 Å². The first-order chi connectivity index (χ1) is 14.7. The third-order valence-corrected chi connectivity index (χ3v) is 5.82. The standard InChI is InChI=1S/C22H25FN6O/c1-27(18-7-8-18)15-21-25-22(26-30-21)16-2-9-20(24-14-16)29-12-10-28(11-13-29)19-5-3-17(23)4-6-19/h2-6,9,14,18H,7-8,10-13,15H2,1H3. The Labute approximate surface area is 175 Å². The molecule has 1 aliphatic heterocycles. The van der Waals surface area contributed by atoms with Gasteiger partial charge < -0.3 is 14.3 Å². The summed E-state index contributed by atoms with van der Waals surface area (Å²) in [6.07, 6.45) is 4.31. The summed E-state index contributed by atoms with van der Waals surface area (Å²) in [6, 6.07) is 11.3. The van der Waals surface area contributed by atoms with Crippen molar-refractivity contribution in [2.75, 3.05) is 43.0 Å². The van der Waals surface area contributed by atoms with E-state index in [-0.39, 0.29) is 5.82 Å². The summed E-state index contributed by atoms with van der Waals surface area (Å²) in [5.74, 6) is 1.95. The molecule has 0 atom stereocenters. The fraction of sp³-hybridized carbons (Fsp3) is 0.409. The Morgan fingerprint density at radius 2 is 1.77 bits per heavy atom. The van der Waals surface area contributed by atoms with Gasteiger partial charge in [-0.3, -0.25) is 4.90 Å². The predicted octanol–water partition coefficient (Wildman–Crippen LogP) is 3.19. The third kappa shape index (κ3) is 4.14. The normalized spacial score (nSPS) is 17.0. The average molecular weight is 408 g/mol. The topological polar surface area (TPSA) is 61.5 Å². The summed E-state index contributed by atoms with van der Waals surface area (Å²) in [4.78, 5) is 15.9. The molecule has 2 fully saturated rings. The van der Waals surface area contributed by atoms with Crippen molar-refractivity contribution in [1.82, 2.24) is 20.0 Å². The second kappa shape index (κ2) is 8.02. The highest BCUT2D eigenvalue weighted by Crippen LogP contribution is 2.27. The molecule has 1 saturated heterocycles. The van der Waals surface area contributed by atoms with Crippen LogP contribution in [-0.2, 0) is 6.54 Å². The van der Waals surface area contributed by atoms with Crippen LogP contribution in [0, 0.1) is 5.82 Å². The van der Waals surface area contributed by atoms with Crippen molar-refractivity contribution < 1.29 is 8.91 Å². The van der Waals surface area contributed by atoms with Gasteiger partial charge in [-0.2, -0.15) is 4.98 Å². The molecule has 1 aliphatic carbocycles. The van der Waals surface area contributed by atoms with Gasteiger partial charge in [-0.15, -0.1) is 0 Å². The van der Waals surface area contributed by atoms with E-state index in [4.69, 9.17) is 4.52 Å². The minimum Gasteiger partial charge on any atom is -0.368 e. The van der Waals surface area contributed by atoms with Crippen LogP contribution in [0.25, 0.3) is 11.4 Å². The molecule has 0 bridgehead atoms. The number of rotatable bonds is 6. The van der Waals surface area contributed by atoms with E-state index < -0.39 is 0 Å². The van der Waals surface area contributed by atoms with Gasteiger partial charge in [-0.25, -0.2) is 9.37 Å². The van der Waals surface area contributed by atoms with E-state index in [2.05, 4.69) is 36.9 Å². The number of benzene rings is 1. The Morgan fingerprint density at radius 3 is 2.43 bits per heavy atom. The Kier molecular flexibility index (Phi) is 5.08. The largest absolute Gasteiger partial charge is 0.368 e. The molecule has 5 rings (SSSR count). The maximum atomic E-state index is 13.1. The highest BCUT2D eigenvalue weighted by Gasteiger charge is 2.27. The molecule has 3 heterocycles. The lowest BCUT2D eigenvalue weighted by Crippen LogP contribution is -2.46. The number of nitrogens with zero attached hydrogens (tertiary/aromatic N) is 6. The third-order valence-electron chi connectivity index (χ3n) is 5.82. The van der Waals surface area contributed by atoms with Crippen LogP contribution in [0.1, 0.15) is 18.7 Å². The van der Waals surface area contributed by atoms with E-state index in [9.17, 15) is 4.39 Å². The van der Waals surface area contributed by atoms with E-state index in [0.717, 1.165) is 43.2 Å². The lowest BCUT2D eigenvalue weighted by molar-refractivity contribution is 0.259. The first-order valence-electron chi connectivity index (χ1n) is 10.4. The summed E-state index contributed by atoms with van der Waals surface area (Å²) in [7, 11) is 2.09. The Bertz CT molecular complexity index is 978. The van der Waals surface area contributed by atoms with Crippen LogP contribution in [0.15, 0.2) is 47.1 Å². The van der Waals surface area contributed by atoms with Crippen molar-refractivity contribution >= 4 is 11.5 Å². The van der Waals surface area contributed by atoms with E-state index in [0.29, 0.717) is 24.3 Å². The fourth-order valence-electron chi connectivity index (χ4n) is 3.85. The monoisotopic (exact) mass is 408 g/mol. The molecule has 0 spiro atoms. The molecule has 30 heavy (non-hydrogen) atoms. The quantitative estimate of drug-likeness (QED) is 0.621. The zero-order valence-corrected chi connectivity index (χ0v) is 17.0. The van der Waals surface area contributed by atoms with Crippen LogP contribution in [-0.4, -0.2) is 59.3 Å². The number of piperazine rings is 1. The zero-order chi connectivity index (χ0) is 20.5. The van der Waals surface area contributed by atoms with Crippen molar-refractivity contribution in [1.29, 1.82) is 0 Å². The van der Waals surface area contributed by atoms with Gasteiger partial charge in [0.1, 0.15) is 11.6 Å². The highest BCUT2D eigenvalue weighted by molar-refractivity contribution is 5.56. The first kappa shape index (κ1) is 19.0. The molecule has 0 amide bonds. The van der Waals surface area contributed by atoms with Crippen molar-refractivity contribution in [2.45, 2.75) is 25.4 Å². The van der Waals surface area contributed by atoms with Gasteiger partial charge in [0, 0.05) is 49.7 Å². The number of hydrogen-bond donors (Lipinski definition) is 0. The molecule has 0 unspecified atom stereocenters. The molecule has 0 N–H and O–H groups in total. The van der Waals surface area contributed by atoms with Gasteiger partial charge in [0.2, 0.25) is 11.7 Å². The summed E-state index contributed by atoms with van der Waals surface area (Å²) in [5, 5.41) is 4.11. The first-order valence-corrected chi connectivity index (χ1v) is 10.4. The molecule has 156 valence electrons. The Morgan fingerprint density at radius 1 is 1.03 bits per heavy atom. The van der Waals surface area contributed by atoms with Crippen LogP contribution in [0.2, 0.25) is 0 Å². The molecule has 2 aromatic heterocycles. The lowest BCUT2D eigenvalue weighted by atomic mass is 10.2. The molecule has 0 radical (unpaired) electrons. The van der Waals surface area contributed by atoms with Gasteiger partial charge in [0.15, 0.2) is 0 Å². The van der Waals surface area contributed by atoms with Crippen LogP contribution in [0.3, 0.4) is 0 Å². The molecule has 1 aromatic carbocycles. The number of hydrogen-bond acceptors (Lipinski definition) is 7. The molecule has 3 aromatic rings. The highest BCUT2D eigenvalue weighted by atomic mass is 19.1. The minimum absolute atomic E-state index is 0.203. The van der Waals surface area contributed by atoms with Crippen LogP contribution >= 0.6 is 0 Å². The van der Waals surface area contributed by atoms with Crippen molar-refractivity contribution in [2.24, 2.45) is 0 Å². The van der Waals surface area contributed by atoms with Gasteiger partial charge in [-0.1, -0.05) is 5.16 Å². The van der Waals surface area contributed by atoms with E-state index >= 15 is 0 Å². The fourth-order valence-corrected chi connectivity index (χ4v) is 3.85. The van der Waals surface area contributed by atoms with Gasteiger partial charge >= 0.3 is 0 Å². The molecular weight excluding hydrogens is 383 g/mol. The molecule has 8 heteroatoms. The van der Waals surface area contributed by atoms with E-state index in [1.807, 2.05) is 24.3 Å². The van der Waals surface area contributed by atoms with Crippen molar-refractivity contribution in [3.63, 3.8) is 0 Å². The number of aromatic nitrogens is 3. The minimum atomic E-state index is -0.203. The summed E-state index contributed by atoms with van der Waals surface area (Å²) in [5.41, 5.74) is 1.91. The lowest BCUT2D eigenvalue weighted by Gasteiger charge is -2.36. The van der Waals surface area contributed by atoms with Crippen molar-refractivity contribution in [3.05, 3.63) is 54.3 Å². The molecule has 2 aliphatic rings. The molecule has 7 nitrogen and oxygen atoms in total. The zero-order valence-electron chi connectivity index (χ0n) is 17.0. The second-order valence-corrected chi connectivity index (χ2v) is 8.01. The van der Waals surface area contributed by atoms with Gasteiger partial charge in [-0.05, 0) is 56.3 Å². The molecule has 1 saturated carbocycles. The van der Waals surface area contributed by atoms with Crippen LogP contribution in [0.5, 0.6) is 0 Å². The van der Waals surface area contributed by atoms with E-state index in [1.165, 1.54) is 25.0 Å². The second-order valence-electron chi connectivity index (χ2n) is 8.01. The number of pyridine rings is 1. The summed E-state index contributed by atoms with van der Waals surface area (Å²) < 4.78 is 18.5. The average Bonchev–Trinajstić information content (AvgIpc) is 3.54. The van der Waals surface area contributed by atoms with Gasteiger partial charge in [0.05, 0.1) is 6.54 Å². The Hall–Kier alpha value is -3.00. The number of anilines is 2. The summed E-state index contributed by atoms with van der Waals surface area (Å²) in [6.45, 7) is 4.16.